The largest absolute Gasteiger partial charge is 0.454 e. The molecule has 1 fully saturated rings. The van der Waals surface area contributed by atoms with Crippen LogP contribution in [0.2, 0.25) is 0 Å². The third kappa shape index (κ3) is 3.19. The van der Waals surface area contributed by atoms with Crippen molar-refractivity contribution >= 4 is 16.9 Å². The van der Waals surface area contributed by atoms with Crippen LogP contribution < -0.4 is 5.56 Å². The van der Waals surface area contributed by atoms with Gasteiger partial charge in [0.2, 0.25) is 0 Å². The lowest BCUT2D eigenvalue weighted by Gasteiger charge is -2.28. The van der Waals surface area contributed by atoms with E-state index in [9.17, 15) is 14.0 Å². The summed E-state index contributed by atoms with van der Waals surface area (Å²) in [5.41, 5.74) is 0.276. The molecular weight excluding hydrogens is 359 g/mol. The molecule has 28 heavy (non-hydrogen) atoms. The maximum Gasteiger partial charge on any atom is 0.317 e. The minimum Gasteiger partial charge on any atom is -0.454 e. The van der Waals surface area contributed by atoms with Gasteiger partial charge >= 0.3 is 5.97 Å². The average Bonchev–Trinajstić information content (AvgIpc) is 3.19. The molecule has 5 nitrogen and oxygen atoms in total. The van der Waals surface area contributed by atoms with Crippen LogP contribution in [0.4, 0.5) is 4.39 Å². The van der Waals surface area contributed by atoms with Gasteiger partial charge in [0.25, 0.3) is 5.56 Å². The molecule has 0 radical (unpaired) electrons. The SMILES string of the molecule is C[C@H](OC(=O)C1(c2ccc(F)cc2)CCCC1)c1nc2ccccc2c(=O)[nH]1. The number of halogens is 1. The van der Waals surface area contributed by atoms with Gasteiger partial charge in [-0.05, 0) is 49.6 Å². The normalized spacial score (nSPS) is 16.8. The molecule has 1 atom stereocenters. The third-order valence-electron chi connectivity index (χ3n) is 5.54. The van der Waals surface area contributed by atoms with Crippen molar-refractivity contribution in [3.05, 3.63) is 76.1 Å². The number of carbonyl (C=O) groups excluding carboxylic acids is 1. The predicted molar refractivity (Wildman–Crippen MR) is 103 cm³/mol. The van der Waals surface area contributed by atoms with Gasteiger partial charge in [0, 0.05) is 0 Å². The summed E-state index contributed by atoms with van der Waals surface area (Å²) >= 11 is 0. The molecule has 1 heterocycles. The van der Waals surface area contributed by atoms with Crippen molar-refractivity contribution < 1.29 is 13.9 Å². The molecule has 0 unspecified atom stereocenters. The summed E-state index contributed by atoms with van der Waals surface area (Å²) in [6.07, 6.45) is 2.43. The summed E-state index contributed by atoms with van der Waals surface area (Å²) in [6, 6.07) is 13.1. The quantitative estimate of drug-likeness (QED) is 0.689. The van der Waals surface area contributed by atoms with Gasteiger partial charge in [-0.2, -0.15) is 0 Å². The van der Waals surface area contributed by atoms with Crippen molar-refractivity contribution in [1.82, 2.24) is 9.97 Å². The number of hydrogen-bond donors (Lipinski definition) is 1. The molecule has 0 bridgehead atoms. The molecule has 0 saturated heterocycles. The minimum absolute atomic E-state index is 0.266. The van der Waals surface area contributed by atoms with Gasteiger partial charge in [-0.25, -0.2) is 9.37 Å². The Morgan fingerprint density at radius 3 is 2.54 bits per heavy atom. The molecule has 1 aliphatic carbocycles. The van der Waals surface area contributed by atoms with Crippen LogP contribution in [0.5, 0.6) is 0 Å². The Hall–Kier alpha value is -3.02. The van der Waals surface area contributed by atoms with E-state index in [-0.39, 0.29) is 17.3 Å². The van der Waals surface area contributed by atoms with E-state index in [1.165, 1.54) is 12.1 Å². The molecule has 144 valence electrons. The number of carbonyl (C=O) groups is 1. The van der Waals surface area contributed by atoms with Crippen LogP contribution in [0, 0.1) is 5.82 Å². The highest BCUT2D eigenvalue weighted by Gasteiger charge is 2.45. The van der Waals surface area contributed by atoms with Gasteiger partial charge in [0.1, 0.15) is 5.82 Å². The Labute approximate surface area is 161 Å². The molecule has 2 aromatic carbocycles. The molecule has 0 amide bonds. The second-order valence-corrected chi connectivity index (χ2v) is 7.31. The predicted octanol–water partition coefficient (Wildman–Crippen LogP) is 4.18. The Morgan fingerprint density at radius 1 is 1.14 bits per heavy atom. The molecule has 1 saturated carbocycles. The van der Waals surface area contributed by atoms with E-state index in [0.29, 0.717) is 29.6 Å². The molecule has 6 heteroatoms. The summed E-state index contributed by atoms with van der Waals surface area (Å²) in [6.45, 7) is 1.69. The monoisotopic (exact) mass is 380 g/mol. The number of nitrogens with zero attached hydrogens (tertiary/aromatic N) is 1. The smallest absolute Gasteiger partial charge is 0.317 e. The second-order valence-electron chi connectivity index (χ2n) is 7.31. The van der Waals surface area contributed by atoms with Crippen LogP contribution in [0.25, 0.3) is 10.9 Å². The van der Waals surface area contributed by atoms with Gasteiger partial charge in [0.05, 0.1) is 16.3 Å². The van der Waals surface area contributed by atoms with Crippen LogP contribution >= 0.6 is 0 Å². The molecule has 1 aliphatic rings. The standard InChI is InChI=1S/C22H21FN2O3/c1-14(19-24-18-7-3-2-6-17(18)20(26)25-19)28-21(27)22(12-4-5-13-22)15-8-10-16(23)11-9-15/h2-3,6-11,14H,4-5,12-13H2,1H3,(H,24,25,26)/t14-/m0/s1. The first-order chi connectivity index (χ1) is 13.5. The Morgan fingerprint density at radius 2 is 1.82 bits per heavy atom. The number of aromatic nitrogens is 2. The number of rotatable bonds is 4. The van der Waals surface area contributed by atoms with E-state index in [2.05, 4.69) is 9.97 Å². The van der Waals surface area contributed by atoms with E-state index < -0.39 is 11.5 Å². The Balaban J connectivity index is 1.63. The van der Waals surface area contributed by atoms with Crippen molar-refractivity contribution in [1.29, 1.82) is 0 Å². The zero-order valence-electron chi connectivity index (χ0n) is 15.6. The lowest BCUT2D eigenvalue weighted by molar-refractivity contribution is -0.156. The number of hydrogen-bond acceptors (Lipinski definition) is 4. The lowest BCUT2D eigenvalue weighted by atomic mass is 9.79. The van der Waals surface area contributed by atoms with Gasteiger partial charge in [-0.3, -0.25) is 9.59 Å². The summed E-state index contributed by atoms with van der Waals surface area (Å²) in [4.78, 5) is 32.6. The Kier molecular flexibility index (Phi) is 4.71. The fourth-order valence-corrected chi connectivity index (χ4v) is 3.98. The number of esters is 1. The Bertz CT molecular complexity index is 1070. The number of para-hydroxylation sites is 1. The van der Waals surface area contributed by atoms with Gasteiger partial charge in [-0.15, -0.1) is 0 Å². The average molecular weight is 380 g/mol. The number of H-pyrrole nitrogens is 1. The van der Waals surface area contributed by atoms with Crippen LogP contribution in [0.1, 0.15) is 50.1 Å². The van der Waals surface area contributed by atoms with E-state index in [4.69, 9.17) is 4.74 Å². The molecule has 1 aromatic heterocycles. The zero-order chi connectivity index (χ0) is 19.7. The van der Waals surface area contributed by atoms with Crippen LogP contribution in [0.15, 0.2) is 53.3 Å². The minimum atomic E-state index is -0.779. The molecule has 0 aliphatic heterocycles. The van der Waals surface area contributed by atoms with Crippen LogP contribution in [-0.4, -0.2) is 15.9 Å². The highest BCUT2D eigenvalue weighted by molar-refractivity contribution is 5.84. The second kappa shape index (κ2) is 7.19. The van der Waals surface area contributed by atoms with Gasteiger partial charge in [-0.1, -0.05) is 37.1 Å². The first-order valence-corrected chi connectivity index (χ1v) is 9.46. The number of aromatic amines is 1. The molecule has 4 rings (SSSR count). The summed E-state index contributed by atoms with van der Waals surface area (Å²) in [5, 5.41) is 0.489. The molecule has 3 aromatic rings. The van der Waals surface area contributed by atoms with E-state index in [0.717, 1.165) is 18.4 Å². The van der Waals surface area contributed by atoms with Crippen LogP contribution in [0.3, 0.4) is 0 Å². The first-order valence-electron chi connectivity index (χ1n) is 9.46. The maximum absolute atomic E-state index is 13.3. The lowest BCUT2D eigenvalue weighted by Crippen LogP contribution is -2.35. The van der Waals surface area contributed by atoms with Crippen molar-refractivity contribution in [2.75, 3.05) is 0 Å². The van der Waals surface area contributed by atoms with Gasteiger partial charge < -0.3 is 9.72 Å². The number of ether oxygens (including phenoxy) is 1. The van der Waals surface area contributed by atoms with Gasteiger partial charge in [0.15, 0.2) is 11.9 Å². The van der Waals surface area contributed by atoms with Crippen molar-refractivity contribution in [3.63, 3.8) is 0 Å². The third-order valence-corrected chi connectivity index (χ3v) is 5.54. The number of fused-ring (bicyclic) bond motifs is 1. The number of benzene rings is 2. The summed E-state index contributed by atoms with van der Waals surface area (Å²) in [7, 11) is 0. The van der Waals surface area contributed by atoms with Crippen molar-refractivity contribution in [2.45, 2.75) is 44.1 Å². The van der Waals surface area contributed by atoms with E-state index in [1.54, 1.807) is 43.3 Å². The van der Waals surface area contributed by atoms with Crippen molar-refractivity contribution in [3.8, 4) is 0 Å². The summed E-state index contributed by atoms with van der Waals surface area (Å²) < 4.78 is 19.1. The highest BCUT2D eigenvalue weighted by atomic mass is 19.1. The maximum atomic E-state index is 13.3. The number of nitrogens with one attached hydrogen (secondary N) is 1. The molecular formula is C22H21FN2O3. The van der Waals surface area contributed by atoms with Crippen LogP contribution in [-0.2, 0) is 14.9 Å². The fourth-order valence-electron chi connectivity index (χ4n) is 3.98. The van der Waals surface area contributed by atoms with Crippen molar-refractivity contribution in [2.24, 2.45) is 0 Å². The first kappa shape index (κ1) is 18.3. The van der Waals surface area contributed by atoms with E-state index in [1.807, 2.05) is 0 Å². The molecule has 1 N–H and O–H groups in total. The summed E-state index contributed by atoms with van der Waals surface area (Å²) in [5.74, 6) is -0.388. The molecule has 0 spiro atoms. The fraction of sp³-hybridized carbons (Fsp3) is 0.318. The van der Waals surface area contributed by atoms with E-state index >= 15 is 0 Å². The topological polar surface area (TPSA) is 72.0 Å². The highest BCUT2D eigenvalue weighted by Crippen LogP contribution is 2.43. The zero-order valence-corrected chi connectivity index (χ0v) is 15.6.